The molecule has 6 N–H and O–H groups in total. The van der Waals surface area contributed by atoms with Gasteiger partial charge in [0.1, 0.15) is 36.4 Å². The van der Waals surface area contributed by atoms with Crippen molar-refractivity contribution in [3.8, 4) is 0 Å². The van der Waals surface area contributed by atoms with E-state index in [1.807, 2.05) is 0 Å². The van der Waals surface area contributed by atoms with Crippen molar-refractivity contribution in [2.75, 3.05) is 37.4 Å². The quantitative estimate of drug-likeness (QED) is 0.0523. The average molecular weight is 741 g/mol. The number of nitrogens with two attached hydrogens (primary N) is 2. The van der Waals surface area contributed by atoms with Crippen LogP contribution in [0.4, 0.5) is 11.6 Å². The molecule has 278 valence electrons. The molecule has 18 nitrogen and oxygen atoms in total. The smallest absolute Gasteiger partial charge is 0.353 e. The topological polar surface area (TPSA) is 251 Å². The molecule has 0 aliphatic carbocycles. The minimum absolute atomic E-state index is 0.205. The molecule has 0 radical (unpaired) electrons. The first-order valence-electron chi connectivity index (χ1n) is 16.9. The zero-order valence-electron chi connectivity index (χ0n) is 28.7. The fourth-order valence-corrected chi connectivity index (χ4v) is 7.14. The number of hydrogen-bond acceptors (Lipinski definition) is 14. The van der Waals surface area contributed by atoms with Crippen LogP contribution >= 0.6 is 15.2 Å². The average Bonchev–Trinajstić information content (AvgIpc) is 3.68. The number of ether oxygens (including phenoxy) is 2. The Bertz CT molecular complexity index is 1600. The molecule has 0 spiro atoms. The largest absolute Gasteiger partial charge is 0.382 e. The normalized spacial score (nSPS) is 15.7. The van der Waals surface area contributed by atoms with Crippen LogP contribution in [-0.4, -0.2) is 86.9 Å². The number of aromatic nitrogens is 8. The number of unbranched alkanes of at least 4 members (excludes halogenated alkanes) is 9. The number of nitrogen functional groups attached to an aromatic ring is 2. The van der Waals surface area contributed by atoms with Gasteiger partial charge in [-0.1, -0.05) is 51.4 Å². The van der Waals surface area contributed by atoms with Gasteiger partial charge in [0.15, 0.2) is 22.9 Å². The van der Waals surface area contributed by atoms with E-state index in [0.717, 1.165) is 51.4 Å². The van der Waals surface area contributed by atoms with E-state index in [1.54, 1.807) is 35.6 Å². The molecule has 0 aromatic carbocycles. The molecule has 0 saturated carbocycles. The van der Waals surface area contributed by atoms with Crippen LogP contribution in [0.15, 0.2) is 25.3 Å². The fourth-order valence-electron chi connectivity index (χ4n) is 5.27. The minimum Gasteiger partial charge on any atom is -0.382 e. The predicted molar refractivity (Wildman–Crippen MR) is 188 cm³/mol. The van der Waals surface area contributed by atoms with Gasteiger partial charge < -0.3 is 48.9 Å². The summed E-state index contributed by atoms with van der Waals surface area (Å²) in [5.41, 5.74) is 13.8. The highest BCUT2D eigenvalue weighted by molar-refractivity contribution is 7.52. The molecule has 4 atom stereocenters. The standard InChI is InChI=1S/C30H50N10O8P2/c1-23(15-39-19-37-25-27(31)33-17-35-29(25)39)45-21-49(41,42)47-13-11-9-7-5-3-4-6-8-10-12-14-48-50(43,44)22-46-24(2)16-40-20-38-26-28(32)34-18-36-30(26)40/h17-20,23-24H,3-16,21-22H2,1-2H3,(H,41,42)(H,43,44)(H2,31,33,35)(H2,32,34,36)/t23-,24-/m1/s1. The third-order valence-electron chi connectivity index (χ3n) is 7.94. The molecule has 4 heterocycles. The molecule has 4 aromatic rings. The molecule has 0 amide bonds. The van der Waals surface area contributed by atoms with E-state index in [2.05, 4.69) is 29.9 Å². The van der Waals surface area contributed by atoms with E-state index >= 15 is 0 Å². The van der Waals surface area contributed by atoms with Gasteiger partial charge in [0, 0.05) is 0 Å². The zero-order chi connectivity index (χ0) is 36.0. The summed E-state index contributed by atoms with van der Waals surface area (Å²) < 4.78 is 49.9. The number of nitrogens with zero attached hydrogens (tertiary/aromatic N) is 8. The maximum Gasteiger partial charge on any atom is 0.353 e. The SMILES string of the molecule is C[C@H](Cn1cnc2c(N)ncnc21)OCP(=O)(O)OCCCCCCCCCCCCOP(=O)(O)CO[C@H](C)Cn1cnc2c(N)ncnc21. The van der Waals surface area contributed by atoms with Gasteiger partial charge in [0.05, 0.1) is 51.2 Å². The maximum atomic E-state index is 12.4. The Morgan fingerprint density at radius 1 is 0.620 bits per heavy atom. The number of rotatable bonds is 25. The Morgan fingerprint density at radius 2 is 0.980 bits per heavy atom. The molecule has 4 aromatic heterocycles. The number of anilines is 2. The fraction of sp³-hybridized carbons (Fsp3) is 0.667. The Labute approximate surface area is 291 Å². The van der Waals surface area contributed by atoms with Crippen LogP contribution in [0.25, 0.3) is 22.3 Å². The summed E-state index contributed by atoms with van der Waals surface area (Å²) in [6.45, 7) is 4.76. The van der Waals surface area contributed by atoms with Crippen LogP contribution in [-0.2, 0) is 40.7 Å². The van der Waals surface area contributed by atoms with Crippen molar-refractivity contribution in [2.24, 2.45) is 0 Å². The molecule has 0 aliphatic heterocycles. The lowest BCUT2D eigenvalue weighted by Gasteiger charge is -2.17. The first-order valence-corrected chi connectivity index (χ1v) is 20.4. The zero-order valence-corrected chi connectivity index (χ0v) is 30.5. The van der Waals surface area contributed by atoms with E-state index in [4.69, 9.17) is 30.0 Å². The summed E-state index contributed by atoms with van der Waals surface area (Å²) in [5.74, 6) is 0.583. The van der Waals surface area contributed by atoms with Crippen molar-refractivity contribution in [1.82, 2.24) is 39.0 Å². The van der Waals surface area contributed by atoms with Crippen molar-refractivity contribution < 1.29 is 37.4 Å². The van der Waals surface area contributed by atoms with Crippen molar-refractivity contribution in [3.05, 3.63) is 25.3 Å². The highest BCUT2D eigenvalue weighted by Crippen LogP contribution is 2.43. The third kappa shape index (κ3) is 12.9. The summed E-state index contributed by atoms with van der Waals surface area (Å²) in [6, 6.07) is 0. The summed E-state index contributed by atoms with van der Waals surface area (Å²) in [6.07, 6.45) is 14.1. The van der Waals surface area contributed by atoms with E-state index in [-0.39, 0.29) is 25.4 Å². The highest BCUT2D eigenvalue weighted by atomic mass is 31.2. The molecule has 4 rings (SSSR count). The van der Waals surface area contributed by atoms with Gasteiger partial charge in [-0.25, -0.2) is 29.9 Å². The number of fused-ring (bicyclic) bond motifs is 2. The molecule has 0 aliphatic rings. The van der Waals surface area contributed by atoms with Gasteiger partial charge in [-0.3, -0.25) is 9.13 Å². The Kier molecular flexibility index (Phi) is 15.5. The van der Waals surface area contributed by atoms with Gasteiger partial charge in [0.25, 0.3) is 0 Å². The minimum atomic E-state index is -3.86. The van der Waals surface area contributed by atoms with Crippen molar-refractivity contribution in [2.45, 2.75) is 103 Å². The summed E-state index contributed by atoms with van der Waals surface area (Å²) in [4.78, 5) is 44.9. The van der Waals surface area contributed by atoms with Crippen LogP contribution < -0.4 is 11.5 Å². The molecule has 20 heteroatoms. The lowest BCUT2D eigenvalue weighted by atomic mass is 10.1. The van der Waals surface area contributed by atoms with E-state index in [9.17, 15) is 18.9 Å². The second-order valence-electron chi connectivity index (χ2n) is 12.3. The molecule has 0 saturated heterocycles. The van der Waals surface area contributed by atoms with E-state index in [1.165, 1.54) is 12.7 Å². The lowest BCUT2D eigenvalue weighted by molar-refractivity contribution is 0.0715. The summed E-state index contributed by atoms with van der Waals surface area (Å²) >= 11 is 0. The second kappa shape index (κ2) is 19.5. The Hall–Kier alpha value is -3.08. The van der Waals surface area contributed by atoms with Crippen molar-refractivity contribution in [3.63, 3.8) is 0 Å². The van der Waals surface area contributed by atoms with Gasteiger partial charge in [-0.05, 0) is 26.7 Å². The monoisotopic (exact) mass is 740 g/mol. The molecule has 2 unspecified atom stereocenters. The second-order valence-corrected chi connectivity index (χ2v) is 15.9. The summed E-state index contributed by atoms with van der Waals surface area (Å²) in [5, 5.41) is 0. The van der Waals surface area contributed by atoms with Gasteiger partial charge in [-0.2, -0.15) is 0 Å². The van der Waals surface area contributed by atoms with Crippen LogP contribution in [0.1, 0.15) is 78.1 Å². The summed E-state index contributed by atoms with van der Waals surface area (Å²) in [7, 11) is -7.71. The molecular weight excluding hydrogens is 690 g/mol. The Morgan fingerprint density at radius 3 is 1.36 bits per heavy atom. The number of imidazole rings is 2. The highest BCUT2D eigenvalue weighted by Gasteiger charge is 2.23. The van der Waals surface area contributed by atoms with Gasteiger partial charge >= 0.3 is 15.2 Å². The van der Waals surface area contributed by atoms with Crippen molar-refractivity contribution >= 4 is 49.2 Å². The Balaban J connectivity index is 0.936. The van der Waals surface area contributed by atoms with Gasteiger partial charge in [0.2, 0.25) is 0 Å². The molecular formula is C30H50N10O8P2. The van der Waals surface area contributed by atoms with E-state index < -0.39 is 27.9 Å². The van der Waals surface area contributed by atoms with Crippen LogP contribution in [0.3, 0.4) is 0 Å². The van der Waals surface area contributed by atoms with E-state index in [0.29, 0.717) is 59.9 Å². The molecule has 0 bridgehead atoms. The lowest BCUT2D eigenvalue weighted by Crippen LogP contribution is -2.17. The first kappa shape index (κ1) is 39.7. The van der Waals surface area contributed by atoms with Crippen LogP contribution in [0.2, 0.25) is 0 Å². The van der Waals surface area contributed by atoms with Crippen molar-refractivity contribution in [1.29, 1.82) is 0 Å². The third-order valence-corrected chi connectivity index (χ3v) is 10.1. The first-order chi connectivity index (χ1) is 23.9. The van der Waals surface area contributed by atoms with Gasteiger partial charge in [-0.15, -0.1) is 0 Å². The maximum absolute atomic E-state index is 12.4. The molecule has 0 fully saturated rings. The van der Waals surface area contributed by atoms with Crippen LogP contribution in [0.5, 0.6) is 0 Å². The van der Waals surface area contributed by atoms with Crippen LogP contribution in [0, 0.1) is 0 Å². The molecule has 50 heavy (non-hydrogen) atoms. The predicted octanol–water partition coefficient (Wildman–Crippen LogP) is 4.86. The number of hydrogen-bond donors (Lipinski definition) is 4.